The summed E-state index contributed by atoms with van der Waals surface area (Å²) in [7, 11) is 1.60. The average Bonchev–Trinajstić information content (AvgIpc) is 3.36. The van der Waals surface area contributed by atoms with E-state index in [1.54, 1.807) is 18.9 Å². The van der Waals surface area contributed by atoms with E-state index in [4.69, 9.17) is 9.15 Å². The fourth-order valence-electron chi connectivity index (χ4n) is 3.81. The van der Waals surface area contributed by atoms with Crippen molar-refractivity contribution in [2.45, 2.75) is 16.2 Å². The van der Waals surface area contributed by atoms with Crippen LogP contribution in [0.2, 0.25) is 0 Å². The van der Waals surface area contributed by atoms with E-state index in [0.29, 0.717) is 16.9 Å². The molecule has 6 nitrogen and oxygen atoms in total. The zero-order chi connectivity index (χ0) is 22.6. The minimum atomic E-state index is -0.0361. The van der Waals surface area contributed by atoms with Crippen LogP contribution in [0.1, 0.15) is 11.6 Å². The number of thioether (sulfide) groups is 2. The maximum Gasteiger partial charge on any atom is 0.277 e. The number of amides is 1. The Labute approximate surface area is 200 Å². The van der Waals surface area contributed by atoms with Crippen molar-refractivity contribution in [3.05, 3.63) is 84.4 Å². The van der Waals surface area contributed by atoms with Crippen LogP contribution < -0.4 is 9.64 Å². The number of carbonyl (C=O) groups excluding carboxylic acids is 1. The van der Waals surface area contributed by atoms with E-state index in [1.807, 2.05) is 65.6 Å². The van der Waals surface area contributed by atoms with Crippen LogP contribution in [0, 0.1) is 0 Å². The van der Waals surface area contributed by atoms with Crippen LogP contribution in [0.3, 0.4) is 0 Å². The molecule has 0 N–H and O–H groups in total. The van der Waals surface area contributed by atoms with Crippen molar-refractivity contribution in [2.75, 3.05) is 23.5 Å². The Morgan fingerprint density at radius 3 is 2.67 bits per heavy atom. The first kappa shape index (κ1) is 21.6. The van der Waals surface area contributed by atoms with Crippen LogP contribution >= 0.6 is 23.5 Å². The highest BCUT2D eigenvalue weighted by molar-refractivity contribution is 8.00. The second-order valence-electron chi connectivity index (χ2n) is 7.33. The lowest BCUT2D eigenvalue weighted by Gasteiger charge is -2.37. The lowest BCUT2D eigenvalue weighted by molar-refractivity contribution is -0.116. The third-order valence-electron chi connectivity index (χ3n) is 5.35. The van der Waals surface area contributed by atoms with E-state index in [9.17, 15) is 4.79 Å². The van der Waals surface area contributed by atoms with E-state index < -0.39 is 0 Å². The van der Waals surface area contributed by atoms with Gasteiger partial charge in [0.2, 0.25) is 5.91 Å². The number of nitrogens with zero attached hydrogens (tertiary/aromatic N) is 3. The van der Waals surface area contributed by atoms with Gasteiger partial charge < -0.3 is 14.1 Å². The summed E-state index contributed by atoms with van der Waals surface area (Å²) in [6.07, 6.45) is 0. The van der Waals surface area contributed by atoms with E-state index in [1.165, 1.54) is 11.8 Å². The van der Waals surface area contributed by atoms with Crippen molar-refractivity contribution in [2.24, 2.45) is 0 Å². The van der Waals surface area contributed by atoms with Crippen LogP contribution in [-0.4, -0.2) is 34.7 Å². The molecule has 1 amide bonds. The number of anilines is 1. The molecule has 0 fully saturated rings. The topological polar surface area (TPSA) is 68.5 Å². The molecular formula is C25H21N3O3S2. The van der Waals surface area contributed by atoms with Gasteiger partial charge in [0, 0.05) is 10.6 Å². The lowest BCUT2D eigenvalue weighted by atomic mass is 10.1. The van der Waals surface area contributed by atoms with Gasteiger partial charge >= 0.3 is 0 Å². The third kappa shape index (κ3) is 4.49. The molecule has 1 aliphatic heterocycles. The van der Waals surface area contributed by atoms with Gasteiger partial charge in [0.25, 0.3) is 11.1 Å². The van der Waals surface area contributed by atoms with Gasteiger partial charge in [0.05, 0.1) is 30.2 Å². The number of carbonyl (C=O) groups is 1. The lowest BCUT2D eigenvalue weighted by Crippen LogP contribution is -2.39. The maximum atomic E-state index is 13.5. The molecule has 1 aliphatic rings. The highest BCUT2D eigenvalue weighted by Crippen LogP contribution is 2.43. The molecule has 4 aromatic rings. The minimum absolute atomic E-state index is 0.00125. The molecule has 5 rings (SSSR count). The SMILES string of the molecule is COc1ccccc1-c1nnc(SCC(=O)N2c3ccccc3SCC2c2ccccc2)o1. The number of hydrogen-bond donors (Lipinski definition) is 0. The molecular weight excluding hydrogens is 454 g/mol. The molecule has 8 heteroatoms. The fourth-order valence-corrected chi connectivity index (χ4v) is 5.60. The highest BCUT2D eigenvalue weighted by Gasteiger charge is 2.32. The van der Waals surface area contributed by atoms with Crippen molar-refractivity contribution in [3.8, 4) is 17.2 Å². The minimum Gasteiger partial charge on any atom is -0.496 e. The van der Waals surface area contributed by atoms with E-state index >= 15 is 0 Å². The van der Waals surface area contributed by atoms with Gasteiger partial charge in [-0.3, -0.25) is 4.79 Å². The van der Waals surface area contributed by atoms with Crippen LogP contribution in [0.4, 0.5) is 5.69 Å². The molecule has 1 atom stereocenters. The van der Waals surface area contributed by atoms with Crippen LogP contribution in [0.25, 0.3) is 11.5 Å². The van der Waals surface area contributed by atoms with Crippen molar-refractivity contribution < 1.29 is 13.9 Å². The molecule has 0 aliphatic carbocycles. The number of methoxy groups -OCH3 is 1. The van der Waals surface area contributed by atoms with Crippen molar-refractivity contribution in [1.29, 1.82) is 0 Å². The third-order valence-corrected chi connectivity index (χ3v) is 7.29. The Balaban J connectivity index is 1.37. The van der Waals surface area contributed by atoms with Crippen LogP contribution in [0.15, 0.2) is 93.4 Å². The highest BCUT2D eigenvalue weighted by atomic mass is 32.2. The fraction of sp³-hybridized carbons (Fsp3) is 0.160. The monoisotopic (exact) mass is 475 g/mol. The first-order valence-corrected chi connectivity index (χ1v) is 12.4. The summed E-state index contributed by atoms with van der Waals surface area (Å²) in [4.78, 5) is 16.5. The zero-order valence-corrected chi connectivity index (χ0v) is 19.5. The smallest absolute Gasteiger partial charge is 0.277 e. The summed E-state index contributed by atoms with van der Waals surface area (Å²) in [5, 5.41) is 8.61. The predicted octanol–water partition coefficient (Wildman–Crippen LogP) is 5.72. The number of para-hydroxylation sites is 2. The molecule has 0 radical (unpaired) electrons. The quantitative estimate of drug-likeness (QED) is 0.331. The maximum absolute atomic E-state index is 13.5. The first-order chi connectivity index (χ1) is 16.2. The Bertz CT molecular complexity index is 1260. The number of hydrogen-bond acceptors (Lipinski definition) is 7. The van der Waals surface area contributed by atoms with Crippen molar-refractivity contribution in [3.63, 3.8) is 0 Å². The predicted molar refractivity (Wildman–Crippen MR) is 131 cm³/mol. The second kappa shape index (κ2) is 9.72. The number of benzene rings is 3. The summed E-state index contributed by atoms with van der Waals surface area (Å²) >= 11 is 3.02. The number of ether oxygens (including phenoxy) is 1. The summed E-state index contributed by atoms with van der Waals surface area (Å²) in [6, 6.07) is 25.6. The van der Waals surface area contributed by atoms with Gasteiger partial charge in [0.15, 0.2) is 0 Å². The molecule has 1 unspecified atom stereocenters. The average molecular weight is 476 g/mol. The summed E-state index contributed by atoms with van der Waals surface area (Å²) in [5.74, 6) is 2.01. The molecule has 0 saturated heterocycles. The van der Waals surface area contributed by atoms with Gasteiger partial charge in [-0.05, 0) is 29.8 Å². The van der Waals surface area contributed by atoms with E-state index in [-0.39, 0.29) is 17.7 Å². The number of aromatic nitrogens is 2. The van der Waals surface area contributed by atoms with Crippen molar-refractivity contribution >= 4 is 35.1 Å². The Morgan fingerprint density at radius 1 is 1.06 bits per heavy atom. The summed E-state index contributed by atoms with van der Waals surface area (Å²) in [6.45, 7) is 0. The normalized spacial score (nSPS) is 15.2. The number of rotatable bonds is 6. The molecule has 2 heterocycles. The zero-order valence-electron chi connectivity index (χ0n) is 17.9. The van der Waals surface area contributed by atoms with E-state index in [2.05, 4.69) is 28.4 Å². The van der Waals surface area contributed by atoms with Crippen LogP contribution in [0.5, 0.6) is 5.75 Å². The van der Waals surface area contributed by atoms with Crippen molar-refractivity contribution in [1.82, 2.24) is 10.2 Å². The molecule has 0 bridgehead atoms. The van der Waals surface area contributed by atoms with E-state index in [0.717, 1.165) is 27.5 Å². The van der Waals surface area contributed by atoms with Gasteiger partial charge in [-0.2, -0.15) is 0 Å². The molecule has 0 spiro atoms. The van der Waals surface area contributed by atoms with Gasteiger partial charge in [0.1, 0.15) is 5.75 Å². The Kier molecular flexibility index (Phi) is 6.37. The largest absolute Gasteiger partial charge is 0.496 e. The molecule has 3 aromatic carbocycles. The summed E-state index contributed by atoms with van der Waals surface area (Å²) in [5.41, 5.74) is 2.78. The second-order valence-corrected chi connectivity index (χ2v) is 9.32. The van der Waals surface area contributed by atoms with Crippen LogP contribution in [-0.2, 0) is 4.79 Å². The Morgan fingerprint density at radius 2 is 1.82 bits per heavy atom. The summed E-state index contributed by atoms with van der Waals surface area (Å²) < 4.78 is 11.2. The Hall–Kier alpha value is -3.23. The molecule has 33 heavy (non-hydrogen) atoms. The van der Waals surface area contributed by atoms with Gasteiger partial charge in [-0.1, -0.05) is 66.4 Å². The molecule has 166 valence electrons. The molecule has 0 saturated carbocycles. The van der Waals surface area contributed by atoms with Gasteiger partial charge in [-0.25, -0.2) is 0 Å². The van der Waals surface area contributed by atoms with Gasteiger partial charge in [-0.15, -0.1) is 22.0 Å². The standard InChI is InChI=1S/C25H21N3O3S2/c1-30-21-13-7-5-11-18(21)24-26-27-25(31-24)33-16-23(29)28-19-12-6-8-14-22(19)32-15-20(28)17-9-3-2-4-10-17/h2-14,20H,15-16H2,1H3. The molecule has 1 aromatic heterocycles. The first-order valence-electron chi connectivity index (χ1n) is 10.4. The number of fused-ring (bicyclic) bond motifs is 1.